The lowest BCUT2D eigenvalue weighted by atomic mass is 10.2. The molecule has 0 aliphatic rings. The molecule has 0 atom stereocenters. The van der Waals surface area contributed by atoms with Gasteiger partial charge < -0.3 is 5.32 Å². The average Bonchev–Trinajstić information content (AvgIpc) is 3.29. The minimum atomic E-state index is -0.0851. The number of carbonyl (C=O) groups is 1. The van der Waals surface area contributed by atoms with E-state index in [1.807, 2.05) is 47.2 Å². The number of hydrogen-bond donors (Lipinski definition) is 1. The molecule has 3 aromatic heterocycles. The molecule has 1 N–H and O–H groups in total. The van der Waals surface area contributed by atoms with Crippen molar-refractivity contribution in [2.45, 2.75) is 6.54 Å². The number of carbonyl (C=O) groups excluding carboxylic acids is 1. The summed E-state index contributed by atoms with van der Waals surface area (Å²) in [7, 11) is 0. The van der Waals surface area contributed by atoms with Crippen LogP contribution < -0.4 is 5.32 Å². The first-order chi connectivity index (χ1) is 11.8. The van der Waals surface area contributed by atoms with Gasteiger partial charge in [0.2, 0.25) is 0 Å². The van der Waals surface area contributed by atoms with Crippen molar-refractivity contribution in [3.63, 3.8) is 0 Å². The maximum absolute atomic E-state index is 12.4. The number of fused-ring (bicyclic) bond motifs is 1. The van der Waals surface area contributed by atoms with Gasteiger partial charge in [0.05, 0.1) is 22.8 Å². The van der Waals surface area contributed by atoms with Crippen LogP contribution in [0.3, 0.4) is 0 Å². The summed E-state index contributed by atoms with van der Waals surface area (Å²) in [5.41, 5.74) is 2.61. The van der Waals surface area contributed by atoms with Crippen LogP contribution in [0.2, 0.25) is 0 Å². The highest BCUT2D eigenvalue weighted by molar-refractivity contribution is 7.20. The van der Waals surface area contributed by atoms with Gasteiger partial charge in [-0.05, 0) is 29.0 Å². The SMILES string of the molecule is O=C(NCc1nccnc1-c1ccsc1)c1cc2ccccc2s1. The molecule has 0 unspecified atom stereocenters. The van der Waals surface area contributed by atoms with Crippen molar-refractivity contribution < 1.29 is 4.79 Å². The van der Waals surface area contributed by atoms with E-state index in [-0.39, 0.29) is 5.91 Å². The van der Waals surface area contributed by atoms with Crippen LogP contribution in [0.5, 0.6) is 0 Å². The lowest BCUT2D eigenvalue weighted by Crippen LogP contribution is -2.23. The molecule has 4 aromatic rings. The quantitative estimate of drug-likeness (QED) is 0.595. The number of hydrogen-bond acceptors (Lipinski definition) is 5. The molecule has 0 spiro atoms. The van der Waals surface area contributed by atoms with Crippen LogP contribution in [0, 0.1) is 0 Å². The Morgan fingerprint density at radius 1 is 1.12 bits per heavy atom. The molecule has 0 aliphatic carbocycles. The second kappa shape index (κ2) is 6.51. The van der Waals surface area contributed by atoms with Gasteiger partial charge in [0.25, 0.3) is 5.91 Å². The summed E-state index contributed by atoms with van der Waals surface area (Å²) >= 11 is 3.11. The van der Waals surface area contributed by atoms with Gasteiger partial charge in [-0.15, -0.1) is 11.3 Å². The van der Waals surface area contributed by atoms with E-state index in [4.69, 9.17) is 0 Å². The highest BCUT2D eigenvalue weighted by Crippen LogP contribution is 2.25. The molecule has 118 valence electrons. The number of rotatable bonds is 4. The van der Waals surface area contributed by atoms with E-state index < -0.39 is 0 Å². The highest BCUT2D eigenvalue weighted by Gasteiger charge is 2.13. The molecular weight excluding hydrogens is 338 g/mol. The topological polar surface area (TPSA) is 54.9 Å². The van der Waals surface area contributed by atoms with Gasteiger partial charge in [0.1, 0.15) is 0 Å². The van der Waals surface area contributed by atoms with Crippen LogP contribution in [0.25, 0.3) is 21.3 Å². The van der Waals surface area contributed by atoms with Gasteiger partial charge in [0.15, 0.2) is 0 Å². The van der Waals surface area contributed by atoms with Crippen molar-refractivity contribution in [2.75, 3.05) is 0 Å². The Bertz CT molecular complexity index is 959. The monoisotopic (exact) mass is 351 g/mol. The molecular formula is C18H13N3OS2. The number of nitrogens with zero attached hydrogens (tertiary/aromatic N) is 2. The highest BCUT2D eigenvalue weighted by atomic mass is 32.1. The Morgan fingerprint density at radius 3 is 2.83 bits per heavy atom. The summed E-state index contributed by atoms with van der Waals surface area (Å²) in [5, 5.41) is 8.07. The predicted octanol–water partition coefficient (Wildman–Crippen LogP) is 4.35. The van der Waals surface area contributed by atoms with Crippen molar-refractivity contribution in [3.8, 4) is 11.3 Å². The molecule has 1 amide bonds. The molecule has 0 saturated carbocycles. The number of nitrogens with one attached hydrogen (secondary N) is 1. The van der Waals surface area contributed by atoms with E-state index in [1.54, 1.807) is 23.7 Å². The Hall–Kier alpha value is -2.57. The molecule has 0 aliphatic heterocycles. The second-order valence-corrected chi connectivity index (χ2v) is 7.06. The average molecular weight is 351 g/mol. The summed E-state index contributed by atoms with van der Waals surface area (Å²) in [5.74, 6) is -0.0851. The van der Waals surface area contributed by atoms with Gasteiger partial charge in [-0.25, -0.2) is 0 Å². The Morgan fingerprint density at radius 2 is 2.00 bits per heavy atom. The summed E-state index contributed by atoms with van der Waals surface area (Å²) in [6, 6.07) is 11.9. The standard InChI is InChI=1S/C18H13N3OS2/c22-18(16-9-12-3-1-2-4-15(12)24-16)21-10-14-17(20-7-6-19-14)13-5-8-23-11-13/h1-9,11H,10H2,(H,21,22). The second-order valence-electron chi connectivity index (χ2n) is 5.19. The third-order valence-electron chi connectivity index (χ3n) is 3.63. The third kappa shape index (κ3) is 2.93. The van der Waals surface area contributed by atoms with Gasteiger partial charge in [-0.2, -0.15) is 11.3 Å². The molecule has 0 bridgehead atoms. The lowest BCUT2D eigenvalue weighted by Gasteiger charge is -2.07. The van der Waals surface area contributed by atoms with Crippen molar-refractivity contribution in [3.05, 3.63) is 70.1 Å². The van der Waals surface area contributed by atoms with E-state index in [9.17, 15) is 4.79 Å². The minimum Gasteiger partial charge on any atom is -0.346 e. The van der Waals surface area contributed by atoms with E-state index in [1.165, 1.54) is 11.3 Å². The molecule has 4 rings (SSSR count). The first-order valence-electron chi connectivity index (χ1n) is 7.40. The number of aromatic nitrogens is 2. The van der Waals surface area contributed by atoms with E-state index in [0.29, 0.717) is 11.4 Å². The molecule has 1 aromatic carbocycles. The number of thiophene rings is 2. The summed E-state index contributed by atoms with van der Waals surface area (Å²) < 4.78 is 1.11. The first-order valence-corrected chi connectivity index (χ1v) is 9.16. The predicted molar refractivity (Wildman–Crippen MR) is 98.3 cm³/mol. The van der Waals surface area contributed by atoms with Gasteiger partial charge in [-0.3, -0.25) is 14.8 Å². The fraction of sp³-hybridized carbons (Fsp3) is 0.0556. The summed E-state index contributed by atoms with van der Waals surface area (Å²) in [6.45, 7) is 0.353. The molecule has 3 heterocycles. The van der Waals surface area contributed by atoms with Crippen LogP contribution in [0.4, 0.5) is 0 Å². The smallest absolute Gasteiger partial charge is 0.261 e. The molecule has 24 heavy (non-hydrogen) atoms. The van der Waals surface area contributed by atoms with Crippen molar-refractivity contribution in [1.29, 1.82) is 0 Å². The molecule has 4 nitrogen and oxygen atoms in total. The first kappa shape index (κ1) is 15.0. The fourth-order valence-corrected chi connectivity index (χ4v) is 4.10. The normalized spacial score (nSPS) is 10.8. The van der Waals surface area contributed by atoms with E-state index >= 15 is 0 Å². The molecule has 6 heteroatoms. The zero-order valence-corrected chi connectivity index (χ0v) is 14.2. The van der Waals surface area contributed by atoms with Crippen molar-refractivity contribution in [1.82, 2.24) is 15.3 Å². The Kier molecular flexibility index (Phi) is 4.06. The van der Waals surface area contributed by atoms with Crippen molar-refractivity contribution in [2.24, 2.45) is 0 Å². The molecule has 0 saturated heterocycles. The van der Waals surface area contributed by atoms with Gasteiger partial charge in [-0.1, -0.05) is 18.2 Å². The van der Waals surface area contributed by atoms with E-state index in [2.05, 4.69) is 15.3 Å². The van der Waals surface area contributed by atoms with Crippen LogP contribution in [0.15, 0.2) is 59.6 Å². The van der Waals surface area contributed by atoms with E-state index in [0.717, 1.165) is 27.0 Å². The summed E-state index contributed by atoms with van der Waals surface area (Å²) in [6.07, 6.45) is 3.32. The van der Waals surface area contributed by atoms with Crippen molar-refractivity contribution >= 4 is 38.7 Å². The zero-order chi connectivity index (χ0) is 16.4. The third-order valence-corrected chi connectivity index (χ3v) is 5.43. The van der Waals surface area contributed by atoms with Gasteiger partial charge in [0, 0.05) is 28.0 Å². The number of amides is 1. The van der Waals surface area contributed by atoms with Crippen LogP contribution in [-0.2, 0) is 6.54 Å². The minimum absolute atomic E-state index is 0.0851. The number of benzene rings is 1. The molecule has 0 fully saturated rings. The van der Waals surface area contributed by atoms with Crippen LogP contribution in [0.1, 0.15) is 15.4 Å². The zero-order valence-electron chi connectivity index (χ0n) is 12.6. The Balaban J connectivity index is 1.54. The summed E-state index contributed by atoms with van der Waals surface area (Å²) in [4.78, 5) is 21.9. The van der Waals surface area contributed by atoms with Crippen LogP contribution >= 0.6 is 22.7 Å². The molecule has 0 radical (unpaired) electrons. The largest absolute Gasteiger partial charge is 0.346 e. The maximum Gasteiger partial charge on any atom is 0.261 e. The van der Waals surface area contributed by atoms with Gasteiger partial charge >= 0.3 is 0 Å². The Labute approximate surface area is 146 Å². The lowest BCUT2D eigenvalue weighted by molar-refractivity contribution is 0.0954. The fourth-order valence-electron chi connectivity index (χ4n) is 2.48. The van der Waals surface area contributed by atoms with Crippen LogP contribution in [-0.4, -0.2) is 15.9 Å². The maximum atomic E-state index is 12.4.